The largest absolute Gasteiger partial charge is 0.372 e. The molecule has 0 bridgehead atoms. The fourth-order valence-electron chi connectivity index (χ4n) is 3.71. The standard InChI is InChI=1S/C23H24N2O2S/c1-17-15-20(24-12-5-6-13-24)10-9-19(17)16-21-22(26)25(23(27)28-21)14-11-18-7-3-2-4-8-18/h2-4,7-10,15-16H,5-6,11-14H2,1H3/b21-16+. The highest BCUT2D eigenvalue weighted by atomic mass is 32.2. The van der Waals surface area contributed by atoms with Crippen LogP contribution in [0.1, 0.15) is 29.5 Å². The topological polar surface area (TPSA) is 40.6 Å². The molecule has 0 atom stereocenters. The van der Waals surface area contributed by atoms with Crippen molar-refractivity contribution in [1.82, 2.24) is 4.90 Å². The number of thioether (sulfide) groups is 1. The summed E-state index contributed by atoms with van der Waals surface area (Å²) in [6.45, 7) is 4.70. The summed E-state index contributed by atoms with van der Waals surface area (Å²) in [4.78, 5) is 29.3. The van der Waals surface area contributed by atoms with E-state index >= 15 is 0 Å². The van der Waals surface area contributed by atoms with Crippen LogP contribution in [0.15, 0.2) is 53.4 Å². The van der Waals surface area contributed by atoms with Gasteiger partial charge in [0.25, 0.3) is 11.1 Å². The minimum absolute atomic E-state index is 0.182. The first-order valence-electron chi connectivity index (χ1n) is 9.77. The van der Waals surface area contributed by atoms with E-state index in [0.717, 1.165) is 41.5 Å². The molecule has 144 valence electrons. The predicted octanol–water partition coefficient (Wildman–Crippen LogP) is 4.87. The lowest BCUT2D eigenvalue weighted by Gasteiger charge is -2.18. The number of nitrogens with zero attached hydrogens (tertiary/aromatic N) is 2. The summed E-state index contributed by atoms with van der Waals surface area (Å²) >= 11 is 1.04. The number of carbonyl (C=O) groups excluding carboxylic acids is 2. The Balaban J connectivity index is 1.47. The molecule has 2 heterocycles. The average molecular weight is 393 g/mol. The molecule has 4 nitrogen and oxygen atoms in total. The van der Waals surface area contributed by atoms with Gasteiger partial charge < -0.3 is 4.90 Å². The quantitative estimate of drug-likeness (QED) is 0.681. The van der Waals surface area contributed by atoms with Crippen LogP contribution in [0, 0.1) is 6.92 Å². The lowest BCUT2D eigenvalue weighted by atomic mass is 10.1. The van der Waals surface area contributed by atoms with E-state index in [4.69, 9.17) is 0 Å². The molecule has 2 aromatic rings. The SMILES string of the molecule is Cc1cc(N2CCCC2)ccc1/C=C1/SC(=O)N(CCc2ccccc2)C1=O. The zero-order valence-corrected chi connectivity index (χ0v) is 16.9. The molecule has 2 fully saturated rings. The number of anilines is 1. The van der Waals surface area contributed by atoms with Gasteiger partial charge in [-0.25, -0.2) is 0 Å². The fourth-order valence-corrected chi connectivity index (χ4v) is 4.57. The maximum atomic E-state index is 12.7. The van der Waals surface area contributed by atoms with Crippen LogP contribution in [0.2, 0.25) is 0 Å². The van der Waals surface area contributed by atoms with Gasteiger partial charge in [-0.15, -0.1) is 0 Å². The van der Waals surface area contributed by atoms with Crippen LogP contribution in [0.4, 0.5) is 10.5 Å². The second-order valence-electron chi connectivity index (χ2n) is 7.30. The number of carbonyl (C=O) groups is 2. The van der Waals surface area contributed by atoms with Gasteiger partial charge in [-0.05, 0) is 72.8 Å². The number of benzene rings is 2. The molecule has 0 N–H and O–H groups in total. The van der Waals surface area contributed by atoms with Gasteiger partial charge in [0.15, 0.2) is 0 Å². The van der Waals surface area contributed by atoms with Crippen LogP contribution >= 0.6 is 11.8 Å². The molecule has 0 aliphatic carbocycles. The summed E-state index contributed by atoms with van der Waals surface area (Å²) < 4.78 is 0. The van der Waals surface area contributed by atoms with E-state index in [1.54, 1.807) is 0 Å². The first kappa shape index (κ1) is 18.8. The van der Waals surface area contributed by atoms with Crippen molar-refractivity contribution in [3.63, 3.8) is 0 Å². The Morgan fingerprint density at radius 2 is 1.79 bits per heavy atom. The predicted molar refractivity (Wildman–Crippen MR) is 115 cm³/mol. The maximum Gasteiger partial charge on any atom is 0.293 e. The normalized spacial score (nSPS) is 18.5. The second kappa shape index (κ2) is 8.23. The Morgan fingerprint density at radius 1 is 1.04 bits per heavy atom. The molecule has 4 rings (SSSR count). The summed E-state index contributed by atoms with van der Waals surface area (Å²) in [5.41, 5.74) is 4.49. The Labute approximate surface area is 170 Å². The summed E-state index contributed by atoms with van der Waals surface area (Å²) in [6.07, 6.45) is 5.03. The molecular formula is C23H24N2O2S. The number of imide groups is 1. The van der Waals surface area contributed by atoms with Crippen LogP contribution < -0.4 is 4.90 Å². The van der Waals surface area contributed by atoms with Crippen LogP contribution in [0.5, 0.6) is 0 Å². The number of amides is 2. The molecule has 28 heavy (non-hydrogen) atoms. The van der Waals surface area contributed by atoms with Gasteiger partial charge in [0.1, 0.15) is 0 Å². The Bertz CT molecular complexity index is 917. The minimum atomic E-state index is -0.186. The van der Waals surface area contributed by atoms with Crippen molar-refractivity contribution < 1.29 is 9.59 Å². The number of rotatable bonds is 5. The van der Waals surface area contributed by atoms with E-state index in [2.05, 4.69) is 30.0 Å². The molecule has 2 amide bonds. The molecule has 2 aliphatic heterocycles. The van der Waals surface area contributed by atoms with E-state index in [9.17, 15) is 9.59 Å². The molecular weight excluding hydrogens is 368 g/mol. The monoisotopic (exact) mass is 392 g/mol. The van der Waals surface area contributed by atoms with E-state index in [-0.39, 0.29) is 11.1 Å². The van der Waals surface area contributed by atoms with Crippen LogP contribution in [0.25, 0.3) is 6.08 Å². The van der Waals surface area contributed by atoms with Crippen LogP contribution in [-0.2, 0) is 11.2 Å². The van der Waals surface area contributed by atoms with Crippen molar-refractivity contribution in [2.75, 3.05) is 24.5 Å². The van der Waals surface area contributed by atoms with Crippen molar-refractivity contribution >= 4 is 34.7 Å². The minimum Gasteiger partial charge on any atom is -0.372 e. The third kappa shape index (κ3) is 3.99. The summed E-state index contributed by atoms with van der Waals surface area (Å²) in [7, 11) is 0. The third-order valence-electron chi connectivity index (χ3n) is 5.35. The number of hydrogen-bond acceptors (Lipinski definition) is 4. The molecule has 2 aliphatic rings. The van der Waals surface area contributed by atoms with Crippen molar-refractivity contribution in [1.29, 1.82) is 0 Å². The highest BCUT2D eigenvalue weighted by Crippen LogP contribution is 2.33. The third-order valence-corrected chi connectivity index (χ3v) is 6.26. The molecule has 0 radical (unpaired) electrons. The van der Waals surface area contributed by atoms with E-state index in [1.807, 2.05) is 36.4 Å². The molecule has 0 saturated carbocycles. The van der Waals surface area contributed by atoms with Crippen molar-refractivity contribution in [3.05, 3.63) is 70.1 Å². The van der Waals surface area contributed by atoms with Gasteiger partial charge in [0.05, 0.1) is 4.91 Å². The second-order valence-corrected chi connectivity index (χ2v) is 8.30. The van der Waals surface area contributed by atoms with Crippen molar-refractivity contribution in [3.8, 4) is 0 Å². The Hall–Kier alpha value is -2.53. The fraction of sp³-hybridized carbons (Fsp3) is 0.304. The molecule has 2 aromatic carbocycles. The molecule has 0 unspecified atom stereocenters. The smallest absolute Gasteiger partial charge is 0.293 e. The van der Waals surface area contributed by atoms with Gasteiger partial charge in [-0.3, -0.25) is 14.5 Å². The zero-order chi connectivity index (χ0) is 19.5. The van der Waals surface area contributed by atoms with E-state index in [0.29, 0.717) is 17.9 Å². The zero-order valence-electron chi connectivity index (χ0n) is 16.1. The summed E-state index contributed by atoms with van der Waals surface area (Å²) in [5.74, 6) is -0.186. The Kier molecular flexibility index (Phi) is 5.53. The summed E-state index contributed by atoms with van der Waals surface area (Å²) in [6, 6.07) is 16.3. The van der Waals surface area contributed by atoms with Gasteiger partial charge in [-0.2, -0.15) is 0 Å². The van der Waals surface area contributed by atoms with Gasteiger partial charge in [-0.1, -0.05) is 36.4 Å². The number of aryl methyl sites for hydroxylation is 1. The van der Waals surface area contributed by atoms with Gasteiger partial charge in [0.2, 0.25) is 0 Å². The summed E-state index contributed by atoms with van der Waals surface area (Å²) in [5, 5.41) is -0.182. The highest BCUT2D eigenvalue weighted by molar-refractivity contribution is 8.18. The van der Waals surface area contributed by atoms with E-state index in [1.165, 1.54) is 23.4 Å². The maximum absolute atomic E-state index is 12.7. The highest BCUT2D eigenvalue weighted by Gasteiger charge is 2.34. The van der Waals surface area contributed by atoms with Crippen LogP contribution in [0.3, 0.4) is 0 Å². The Morgan fingerprint density at radius 3 is 2.50 bits per heavy atom. The molecule has 2 saturated heterocycles. The molecule has 0 aromatic heterocycles. The van der Waals surface area contributed by atoms with Crippen molar-refractivity contribution in [2.45, 2.75) is 26.2 Å². The first-order valence-corrected chi connectivity index (χ1v) is 10.6. The van der Waals surface area contributed by atoms with E-state index < -0.39 is 0 Å². The molecule has 5 heteroatoms. The lowest BCUT2D eigenvalue weighted by Crippen LogP contribution is -2.30. The van der Waals surface area contributed by atoms with Gasteiger partial charge >= 0.3 is 0 Å². The first-order chi connectivity index (χ1) is 13.6. The van der Waals surface area contributed by atoms with Gasteiger partial charge in [0, 0.05) is 25.3 Å². The van der Waals surface area contributed by atoms with Crippen LogP contribution in [-0.4, -0.2) is 35.7 Å². The number of hydrogen-bond donors (Lipinski definition) is 0. The lowest BCUT2D eigenvalue weighted by molar-refractivity contribution is -0.122. The molecule has 0 spiro atoms. The van der Waals surface area contributed by atoms with Crippen molar-refractivity contribution in [2.24, 2.45) is 0 Å². The average Bonchev–Trinajstić information content (AvgIpc) is 3.32.